The number of methoxy groups -OCH3 is 1. The quantitative estimate of drug-likeness (QED) is 0.173. The van der Waals surface area contributed by atoms with Crippen molar-refractivity contribution in [3.05, 3.63) is 94.4 Å². The molecule has 1 aromatic heterocycles. The summed E-state index contributed by atoms with van der Waals surface area (Å²) in [5.41, 5.74) is 6.93. The molecule has 11 heteroatoms. The van der Waals surface area contributed by atoms with Gasteiger partial charge in [-0.2, -0.15) is 13.2 Å². The number of rotatable bonds is 10. The van der Waals surface area contributed by atoms with E-state index in [9.17, 15) is 23.1 Å². The topological polar surface area (TPSA) is 103 Å². The first-order valence-electron chi connectivity index (χ1n) is 11.7. The Morgan fingerprint density at radius 2 is 1.74 bits per heavy atom. The van der Waals surface area contributed by atoms with Crippen LogP contribution in [0.1, 0.15) is 39.4 Å². The van der Waals surface area contributed by atoms with Crippen LogP contribution < -0.4 is 25.3 Å². The normalized spacial score (nSPS) is 12.0. The van der Waals surface area contributed by atoms with Crippen molar-refractivity contribution in [2.24, 2.45) is 0 Å². The lowest BCUT2D eigenvalue weighted by Gasteiger charge is -2.19. The molecule has 39 heavy (non-hydrogen) atoms. The molecule has 3 aromatic carbocycles. The number of halogens is 3. The van der Waals surface area contributed by atoms with Crippen molar-refractivity contribution in [1.29, 1.82) is 0 Å². The molecule has 0 radical (unpaired) electrons. The number of carboxylic acids is 1. The number of benzene rings is 3. The molecule has 0 fully saturated rings. The number of nitrogens with one attached hydrogen (secondary N) is 1. The highest BCUT2D eigenvalue weighted by Crippen LogP contribution is 2.41. The molecule has 0 amide bonds. The number of anilines is 3. The molecule has 1 heterocycles. The summed E-state index contributed by atoms with van der Waals surface area (Å²) in [5.74, 6) is -0.0862. The maximum atomic E-state index is 13.5. The summed E-state index contributed by atoms with van der Waals surface area (Å²) in [6.45, 7) is 1.73. The van der Waals surface area contributed by atoms with Gasteiger partial charge in [0.15, 0.2) is 4.88 Å². The Kier molecular flexibility index (Phi) is 8.20. The van der Waals surface area contributed by atoms with Crippen LogP contribution in [-0.2, 0) is 12.8 Å². The molecule has 0 aliphatic carbocycles. The second-order valence-electron chi connectivity index (χ2n) is 8.47. The predicted octanol–water partition coefficient (Wildman–Crippen LogP) is 7.52. The third-order valence-electron chi connectivity index (χ3n) is 5.75. The van der Waals surface area contributed by atoms with Crippen molar-refractivity contribution in [3.63, 3.8) is 0 Å². The first kappa shape index (κ1) is 27.6. The molecule has 4 rings (SSSR count). The summed E-state index contributed by atoms with van der Waals surface area (Å²) in [7, 11) is 1.59. The molecule has 4 aromatic rings. The minimum absolute atomic E-state index is 0.0649. The summed E-state index contributed by atoms with van der Waals surface area (Å²) < 4.78 is 57.2. The molecule has 0 spiro atoms. The maximum absolute atomic E-state index is 13.5. The van der Waals surface area contributed by atoms with E-state index in [-0.39, 0.29) is 16.2 Å². The van der Waals surface area contributed by atoms with Crippen LogP contribution in [0.2, 0.25) is 0 Å². The van der Waals surface area contributed by atoms with Gasteiger partial charge in [0.1, 0.15) is 30.0 Å². The molecular formula is C28H25F3N2O5S. The Balaban J connectivity index is 1.52. The van der Waals surface area contributed by atoms with Gasteiger partial charge in [0.25, 0.3) is 0 Å². The van der Waals surface area contributed by atoms with Crippen molar-refractivity contribution in [3.8, 4) is 17.2 Å². The van der Waals surface area contributed by atoms with E-state index in [4.69, 9.17) is 19.9 Å². The van der Waals surface area contributed by atoms with Crippen LogP contribution in [0.5, 0.6) is 17.2 Å². The summed E-state index contributed by atoms with van der Waals surface area (Å²) in [5, 5.41) is 13.1. The van der Waals surface area contributed by atoms with Gasteiger partial charge in [0.2, 0.25) is 0 Å². The van der Waals surface area contributed by atoms with E-state index in [1.165, 1.54) is 31.2 Å². The minimum atomic E-state index is -4.58. The van der Waals surface area contributed by atoms with Crippen molar-refractivity contribution < 1.29 is 37.3 Å². The second kappa shape index (κ2) is 11.6. The lowest BCUT2D eigenvalue weighted by molar-refractivity contribution is -0.139. The van der Waals surface area contributed by atoms with E-state index in [1.807, 2.05) is 24.3 Å². The molecule has 7 nitrogen and oxygen atoms in total. The number of nitrogen functional groups attached to an aromatic ring is 1. The van der Waals surface area contributed by atoms with Crippen LogP contribution >= 0.6 is 11.3 Å². The lowest BCUT2D eigenvalue weighted by atomic mass is 10.0. The van der Waals surface area contributed by atoms with Gasteiger partial charge in [-0.1, -0.05) is 30.3 Å². The van der Waals surface area contributed by atoms with Gasteiger partial charge in [-0.15, -0.1) is 11.3 Å². The smallest absolute Gasteiger partial charge is 0.416 e. The fourth-order valence-corrected chi connectivity index (χ4v) is 4.63. The second-order valence-corrected chi connectivity index (χ2v) is 9.52. The number of ether oxygens (including phenoxy) is 3. The third-order valence-corrected chi connectivity index (χ3v) is 6.77. The number of alkyl halides is 3. The zero-order chi connectivity index (χ0) is 28.2. The van der Waals surface area contributed by atoms with Crippen molar-refractivity contribution >= 4 is 33.7 Å². The molecule has 204 valence electrons. The maximum Gasteiger partial charge on any atom is 0.416 e. The highest BCUT2D eigenvalue weighted by Gasteiger charge is 2.35. The molecule has 0 unspecified atom stereocenters. The number of hydrogen-bond donors (Lipinski definition) is 3. The summed E-state index contributed by atoms with van der Waals surface area (Å²) in [4.78, 5) is 11.7. The van der Waals surface area contributed by atoms with Gasteiger partial charge in [0.05, 0.1) is 29.0 Å². The molecule has 0 aliphatic rings. The Morgan fingerprint density at radius 1 is 1.05 bits per heavy atom. The first-order valence-corrected chi connectivity index (χ1v) is 12.5. The Hall–Kier alpha value is -4.38. The summed E-state index contributed by atoms with van der Waals surface area (Å²) >= 11 is 0.872. The van der Waals surface area contributed by atoms with E-state index >= 15 is 0 Å². The molecule has 0 aliphatic heterocycles. The number of carbonyl (C=O) groups is 1. The fourth-order valence-electron chi connectivity index (χ4n) is 3.79. The van der Waals surface area contributed by atoms with Crippen LogP contribution in [0.15, 0.2) is 72.8 Å². The number of nitrogens with two attached hydrogens (primary N) is 1. The number of thiophene rings is 1. The highest BCUT2D eigenvalue weighted by molar-refractivity contribution is 7.18. The zero-order valence-electron chi connectivity index (χ0n) is 20.9. The van der Waals surface area contributed by atoms with Gasteiger partial charge in [-0.3, -0.25) is 0 Å². The average molecular weight is 559 g/mol. The average Bonchev–Trinajstić information content (AvgIpc) is 3.31. The molecule has 0 saturated heterocycles. The van der Waals surface area contributed by atoms with Crippen molar-refractivity contribution in [1.82, 2.24) is 0 Å². The standard InChI is InChI=1S/C28H25F3N2O5S/c1-16(20-5-3-4-6-21(20)28(29,30)31)38-24-14-25(39-26(24)27(34)35)33-23-13-19(11-12-22(23)32)37-15-17-7-9-18(36-2)10-8-17/h3-14,16,33H,15,32H2,1-2H3,(H,34,35)/t16-/m1/s1. The minimum Gasteiger partial charge on any atom is -0.497 e. The summed E-state index contributed by atoms with van der Waals surface area (Å²) in [6.07, 6.45) is -5.65. The van der Waals surface area contributed by atoms with E-state index in [1.54, 1.807) is 25.3 Å². The van der Waals surface area contributed by atoms with Crippen LogP contribution in [0.3, 0.4) is 0 Å². The Morgan fingerprint density at radius 3 is 2.41 bits per heavy atom. The van der Waals surface area contributed by atoms with E-state index in [0.717, 1.165) is 28.7 Å². The third kappa shape index (κ3) is 6.74. The molecule has 0 saturated carbocycles. The van der Waals surface area contributed by atoms with Crippen LogP contribution in [0.4, 0.5) is 29.5 Å². The van der Waals surface area contributed by atoms with Crippen LogP contribution in [0, 0.1) is 0 Å². The van der Waals surface area contributed by atoms with Gasteiger partial charge in [-0.25, -0.2) is 4.79 Å². The highest BCUT2D eigenvalue weighted by atomic mass is 32.1. The van der Waals surface area contributed by atoms with Gasteiger partial charge in [-0.05, 0) is 42.8 Å². The SMILES string of the molecule is COc1ccc(COc2ccc(N)c(Nc3cc(O[C@H](C)c4ccccc4C(F)(F)F)c(C(=O)O)s3)c2)cc1. The number of hydrogen-bond acceptors (Lipinski definition) is 7. The Labute approximate surface area is 226 Å². The molecule has 0 bridgehead atoms. The largest absolute Gasteiger partial charge is 0.497 e. The number of aromatic carboxylic acids is 1. The molecular weight excluding hydrogens is 533 g/mol. The predicted molar refractivity (Wildman–Crippen MR) is 143 cm³/mol. The summed E-state index contributed by atoms with van der Waals surface area (Å²) in [6, 6.07) is 18.9. The van der Waals surface area contributed by atoms with E-state index in [2.05, 4.69) is 5.32 Å². The van der Waals surface area contributed by atoms with E-state index < -0.39 is 23.8 Å². The molecule has 1 atom stereocenters. The monoisotopic (exact) mass is 558 g/mol. The number of carboxylic acid groups (broad SMARTS) is 1. The lowest BCUT2D eigenvalue weighted by Crippen LogP contribution is -2.14. The zero-order valence-corrected chi connectivity index (χ0v) is 21.7. The van der Waals surface area contributed by atoms with Crippen LogP contribution in [0.25, 0.3) is 0 Å². The fraction of sp³-hybridized carbons (Fsp3) is 0.179. The molecule has 4 N–H and O–H groups in total. The Bertz CT molecular complexity index is 1450. The van der Waals surface area contributed by atoms with E-state index in [0.29, 0.717) is 28.7 Å². The first-order chi connectivity index (χ1) is 18.5. The van der Waals surface area contributed by atoms with Crippen LogP contribution in [-0.4, -0.2) is 18.2 Å². The van der Waals surface area contributed by atoms with Gasteiger partial charge in [0, 0.05) is 17.7 Å². The van der Waals surface area contributed by atoms with Crippen molar-refractivity contribution in [2.45, 2.75) is 25.8 Å². The van der Waals surface area contributed by atoms with Crippen molar-refractivity contribution in [2.75, 3.05) is 18.2 Å². The van der Waals surface area contributed by atoms with Gasteiger partial charge < -0.3 is 30.4 Å². The van der Waals surface area contributed by atoms with Gasteiger partial charge >= 0.3 is 12.1 Å².